The van der Waals surface area contributed by atoms with Crippen molar-refractivity contribution < 1.29 is 4.79 Å². The highest BCUT2D eigenvalue weighted by molar-refractivity contribution is 7.99. The highest BCUT2D eigenvalue weighted by Gasteiger charge is 2.11. The zero-order valence-electron chi connectivity index (χ0n) is 13.0. The van der Waals surface area contributed by atoms with Crippen molar-refractivity contribution in [1.82, 2.24) is 14.6 Å². The second kappa shape index (κ2) is 6.74. The van der Waals surface area contributed by atoms with Crippen LogP contribution in [0.15, 0.2) is 65.8 Å². The molecule has 0 saturated carbocycles. The molecular weight excluding hydrogens is 356 g/mol. The van der Waals surface area contributed by atoms with Crippen LogP contribution in [0.5, 0.6) is 0 Å². The van der Waals surface area contributed by atoms with Crippen LogP contribution in [0, 0.1) is 0 Å². The van der Waals surface area contributed by atoms with Gasteiger partial charge in [-0.3, -0.25) is 9.20 Å². The summed E-state index contributed by atoms with van der Waals surface area (Å²) in [7, 11) is 0. The number of hydrogen-bond acceptors (Lipinski definition) is 4. The van der Waals surface area contributed by atoms with Crippen LogP contribution in [0.25, 0.3) is 16.6 Å². The van der Waals surface area contributed by atoms with Crippen molar-refractivity contribution in [3.63, 3.8) is 0 Å². The lowest BCUT2D eigenvalue weighted by molar-refractivity contribution is -0.113. The zero-order chi connectivity index (χ0) is 17.2. The second-order valence-corrected chi connectivity index (χ2v) is 6.79. The number of anilines is 1. The molecule has 0 fully saturated rings. The quantitative estimate of drug-likeness (QED) is 0.546. The van der Waals surface area contributed by atoms with Crippen LogP contribution in [0.2, 0.25) is 5.02 Å². The first kappa shape index (κ1) is 15.9. The van der Waals surface area contributed by atoms with Gasteiger partial charge in [0.2, 0.25) is 5.91 Å². The first-order valence-corrected chi connectivity index (χ1v) is 8.98. The number of hydrogen-bond donors (Lipinski definition) is 1. The van der Waals surface area contributed by atoms with Crippen molar-refractivity contribution in [2.45, 2.75) is 5.16 Å². The van der Waals surface area contributed by atoms with Crippen molar-refractivity contribution in [2.24, 2.45) is 0 Å². The number of rotatable bonds is 4. The van der Waals surface area contributed by atoms with Crippen molar-refractivity contribution in [1.29, 1.82) is 0 Å². The summed E-state index contributed by atoms with van der Waals surface area (Å²) in [4.78, 5) is 12.2. The molecule has 2 aromatic heterocycles. The number of halogens is 1. The SMILES string of the molecule is O=C(CSc1nnc2ccc3ccccc3n12)Nc1cccc(Cl)c1. The van der Waals surface area contributed by atoms with Gasteiger partial charge in [-0.2, -0.15) is 0 Å². The molecule has 5 nitrogen and oxygen atoms in total. The molecule has 7 heteroatoms. The average Bonchev–Trinajstić information content (AvgIpc) is 3.04. The predicted octanol–water partition coefficient (Wildman–Crippen LogP) is 4.27. The Labute approximate surface area is 153 Å². The van der Waals surface area contributed by atoms with E-state index in [9.17, 15) is 4.79 Å². The maximum absolute atomic E-state index is 12.2. The minimum Gasteiger partial charge on any atom is -0.325 e. The maximum atomic E-state index is 12.2. The Hall–Kier alpha value is -2.57. The third-order valence-corrected chi connectivity index (χ3v) is 4.85. The monoisotopic (exact) mass is 368 g/mol. The number of thioether (sulfide) groups is 1. The molecule has 0 atom stereocenters. The van der Waals surface area contributed by atoms with Crippen molar-refractivity contribution in [3.8, 4) is 0 Å². The molecule has 1 N–H and O–H groups in total. The first-order valence-electron chi connectivity index (χ1n) is 7.62. The van der Waals surface area contributed by atoms with E-state index in [2.05, 4.69) is 15.5 Å². The molecular formula is C18H13ClN4OS. The van der Waals surface area contributed by atoms with Gasteiger partial charge in [0.25, 0.3) is 0 Å². The molecule has 0 saturated heterocycles. The summed E-state index contributed by atoms with van der Waals surface area (Å²) in [6.45, 7) is 0. The fraction of sp³-hybridized carbons (Fsp3) is 0.0556. The van der Waals surface area contributed by atoms with Gasteiger partial charge >= 0.3 is 0 Å². The number of para-hydroxylation sites is 1. The third kappa shape index (κ3) is 3.31. The summed E-state index contributed by atoms with van der Waals surface area (Å²) in [5.41, 5.74) is 2.45. The summed E-state index contributed by atoms with van der Waals surface area (Å²) in [6.07, 6.45) is 0. The average molecular weight is 369 g/mol. The van der Waals surface area contributed by atoms with Crippen LogP contribution >= 0.6 is 23.4 Å². The molecule has 0 spiro atoms. The van der Waals surface area contributed by atoms with Crippen molar-refractivity contribution >= 4 is 51.5 Å². The summed E-state index contributed by atoms with van der Waals surface area (Å²) in [5.74, 6) is 0.112. The molecule has 0 aliphatic heterocycles. The van der Waals surface area contributed by atoms with Gasteiger partial charge in [-0.15, -0.1) is 10.2 Å². The number of aromatic nitrogens is 3. The minimum absolute atomic E-state index is 0.121. The van der Waals surface area contributed by atoms with Gasteiger partial charge in [0.1, 0.15) is 0 Å². The molecule has 0 aliphatic carbocycles. The van der Waals surface area contributed by atoms with Gasteiger partial charge in [0, 0.05) is 10.7 Å². The number of carbonyl (C=O) groups excluding carboxylic acids is 1. The van der Waals surface area contributed by atoms with E-state index in [-0.39, 0.29) is 11.7 Å². The van der Waals surface area contributed by atoms with Gasteiger partial charge in [0.05, 0.1) is 11.3 Å². The van der Waals surface area contributed by atoms with Gasteiger partial charge in [0.15, 0.2) is 10.8 Å². The Bertz CT molecular complexity index is 1080. The molecule has 0 bridgehead atoms. The molecule has 2 aromatic carbocycles. The summed E-state index contributed by atoms with van der Waals surface area (Å²) in [5, 5.41) is 13.6. The highest BCUT2D eigenvalue weighted by atomic mass is 35.5. The first-order chi connectivity index (χ1) is 12.2. The van der Waals surface area contributed by atoms with Crippen LogP contribution in [-0.4, -0.2) is 26.3 Å². The van der Waals surface area contributed by atoms with E-state index >= 15 is 0 Å². The Kier molecular flexibility index (Phi) is 4.29. The van der Waals surface area contributed by atoms with E-state index in [0.29, 0.717) is 15.9 Å². The van der Waals surface area contributed by atoms with E-state index in [1.807, 2.05) is 40.8 Å². The largest absolute Gasteiger partial charge is 0.325 e. The minimum atomic E-state index is -0.121. The lowest BCUT2D eigenvalue weighted by Crippen LogP contribution is -2.14. The Balaban J connectivity index is 1.55. The summed E-state index contributed by atoms with van der Waals surface area (Å²) >= 11 is 7.28. The Morgan fingerprint density at radius 3 is 2.84 bits per heavy atom. The molecule has 0 unspecified atom stereocenters. The summed E-state index contributed by atoms with van der Waals surface area (Å²) < 4.78 is 1.96. The molecule has 0 aliphatic rings. The Morgan fingerprint density at radius 1 is 1.08 bits per heavy atom. The van der Waals surface area contributed by atoms with Crippen LogP contribution < -0.4 is 5.32 Å². The standard InChI is InChI=1S/C18H13ClN4OS/c19-13-5-3-6-14(10-13)20-17(24)11-25-18-22-21-16-9-8-12-4-1-2-7-15(12)23(16)18/h1-10H,11H2,(H,20,24). The second-order valence-electron chi connectivity index (χ2n) is 5.42. The van der Waals surface area contributed by atoms with Gasteiger partial charge < -0.3 is 5.32 Å². The van der Waals surface area contributed by atoms with Gasteiger partial charge in [-0.1, -0.05) is 47.6 Å². The van der Waals surface area contributed by atoms with Crippen molar-refractivity contribution in [2.75, 3.05) is 11.1 Å². The van der Waals surface area contributed by atoms with Crippen molar-refractivity contribution in [3.05, 3.63) is 65.7 Å². The molecule has 25 heavy (non-hydrogen) atoms. The predicted molar refractivity (Wildman–Crippen MR) is 101 cm³/mol. The number of carbonyl (C=O) groups is 1. The third-order valence-electron chi connectivity index (χ3n) is 3.69. The van der Waals surface area contributed by atoms with E-state index in [4.69, 9.17) is 11.6 Å². The fourth-order valence-electron chi connectivity index (χ4n) is 2.60. The van der Waals surface area contributed by atoms with Crippen LogP contribution in [-0.2, 0) is 4.79 Å². The van der Waals surface area contributed by atoms with Gasteiger partial charge in [-0.25, -0.2) is 0 Å². The number of amides is 1. The molecule has 4 rings (SSSR count). The van der Waals surface area contributed by atoms with Crippen LogP contribution in [0.1, 0.15) is 0 Å². The maximum Gasteiger partial charge on any atom is 0.234 e. The molecule has 2 heterocycles. The molecule has 1 amide bonds. The Morgan fingerprint density at radius 2 is 1.96 bits per heavy atom. The van der Waals surface area contributed by atoms with Crippen LogP contribution in [0.4, 0.5) is 5.69 Å². The van der Waals surface area contributed by atoms with E-state index in [1.165, 1.54) is 11.8 Å². The van der Waals surface area contributed by atoms with E-state index < -0.39 is 0 Å². The number of nitrogens with zero attached hydrogens (tertiary/aromatic N) is 3. The van der Waals surface area contributed by atoms with E-state index in [1.54, 1.807) is 24.3 Å². The normalized spacial score (nSPS) is 11.1. The van der Waals surface area contributed by atoms with Gasteiger partial charge in [-0.05, 0) is 41.8 Å². The smallest absolute Gasteiger partial charge is 0.234 e. The molecule has 0 radical (unpaired) electrons. The number of pyridine rings is 1. The number of benzene rings is 2. The highest BCUT2D eigenvalue weighted by Crippen LogP contribution is 2.23. The lowest BCUT2D eigenvalue weighted by atomic mass is 10.2. The lowest BCUT2D eigenvalue weighted by Gasteiger charge is -2.06. The topological polar surface area (TPSA) is 59.3 Å². The molecule has 124 valence electrons. The molecule has 4 aromatic rings. The van der Waals surface area contributed by atoms with E-state index in [0.717, 1.165) is 16.6 Å². The number of fused-ring (bicyclic) bond motifs is 3. The number of nitrogens with one attached hydrogen (secondary N) is 1. The van der Waals surface area contributed by atoms with Crippen LogP contribution in [0.3, 0.4) is 0 Å². The summed E-state index contributed by atoms with van der Waals surface area (Å²) in [6, 6.07) is 19.0. The fourth-order valence-corrected chi connectivity index (χ4v) is 3.54. The zero-order valence-corrected chi connectivity index (χ0v) is 14.6.